The van der Waals surface area contributed by atoms with Gasteiger partial charge in [-0.25, -0.2) is 0 Å². The highest BCUT2D eigenvalue weighted by atomic mass is 16.7. The van der Waals surface area contributed by atoms with Crippen LogP contribution in [-0.4, -0.2) is 32.3 Å². The molecular formula is C18H21N2O4+. The second-order valence-corrected chi connectivity index (χ2v) is 6.21. The molecule has 2 aliphatic rings. The molecule has 0 saturated carbocycles. The fourth-order valence-electron chi connectivity index (χ4n) is 3.45. The van der Waals surface area contributed by atoms with Crippen LogP contribution in [0, 0.1) is 0 Å². The number of quaternary nitrogens is 1. The van der Waals surface area contributed by atoms with Crippen molar-refractivity contribution >= 4 is 5.91 Å². The molecule has 1 fully saturated rings. The van der Waals surface area contributed by atoms with E-state index < -0.39 is 0 Å². The molecule has 24 heavy (non-hydrogen) atoms. The van der Waals surface area contributed by atoms with Gasteiger partial charge >= 0.3 is 0 Å². The van der Waals surface area contributed by atoms with Crippen molar-refractivity contribution in [1.82, 2.24) is 5.32 Å². The minimum absolute atomic E-state index is 0.108. The van der Waals surface area contributed by atoms with E-state index in [1.165, 1.54) is 17.7 Å². The Bertz CT molecular complexity index is 708. The van der Waals surface area contributed by atoms with E-state index in [0.29, 0.717) is 23.6 Å². The molecule has 2 aromatic rings. The standard InChI is InChI=1S/C18H20N2O4/c21-18(13-5-6-16-17(10-13)24-12-23-16)19-11-14(15-4-3-9-22-15)20-7-1-2-8-20/h3-6,9-10,14H,1-2,7-8,11-12H2,(H,19,21)/p+1/t14-/m0/s1. The first-order valence-electron chi connectivity index (χ1n) is 8.37. The highest BCUT2D eigenvalue weighted by molar-refractivity contribution is 5.94. The second kappa shape index (κ2) is 6.57. The number of ether oxygens (including phenoxy) is 2. The molecule has 3 heterocycles. The first-order valence-corrected chi connectivity index (χ1v) is 8.37. The van der Waals surface area contributed by atoms with Crippen molar-refractivity contribution in [3.63, 3.8) is 0 Å². The number of rotatable bonds is 5. The number of carbonyl (C=O) groups excluding carboxylic acids is 1. The normalized spacial score (nSPS) is 17.8. The topological polar surface area (TPSA) is 65.1 Å². The molecule has 0 spiro atoms. The molecule has 1 aromatic carbocycles. The molecule has 126 valence electrons. The number of hydrogen-bond donors (Lipinski definition) is 2. The minimum atomic E-state index is -0.108. The average molecular weight is 329 g/mol. The Kier molecular flexibility index (Phi) is 4.13. The van der Waals surface area contributed by atoms with Gasteiger partial charge in [0.2, 0.25) is 6.79 Å². The van der Waals surface area contributed by atoms with Crippen LogP contribution >= 0.6 is 0 Å². The van der Waals surface area contributed by atoms with Gasteiger partial charge < -0.3 is 24.1 Å². The first kappa shape index (κ1) is 15.1. The molecule has 1 amide bonds. The van der Waals surface area contributed by atoms with Gasteiger partial charge in [0.1, 0.15) is 0 Å². The molecule has 6 heteroatoms. The van der Waals surface area contributed by atoms with Crippen molar-refractivity contribution in [3.8, 4) is 11.5 Å². The maximum Gasteiger partial charge on any atom is 0.251 e. The third kappa shape index (κ3) is 2.97. The van der Waals surface area contributed by atoms with Crippen LogP contribution in [0.1, 0.15) is 35.0 Å². The maximum atomic E-state index is 12.5. The number of fused-ring (bicyclic) bond motifs is 1. The van der Waals surface area contributed by atoms with E-state index in [9.17, 15) is 4.79 Å². The number of likely N-dealkylation sites (tertiary alicyclic amines) is 1. The molecule has 2 aliphatic heterocycles. The van der Waals surface area contributed by atoms with Gasteiger partial charge in [-0.3, -0.25) is 4.79 Å². The number of benzene rings is 1. The summed E-state index contributed by atoms with van der Waals surface area (Å²) >= 11 is 0. The van der Waals surface area contributed by atoms with Crippen molar-refractivity contribution in [1.29, 1.82) is 0 Å². The van der Waals surface area contributed by atoms with Crippen LogP contribution < -0.4 is 19.7 Å². The number of carbonyl (C=O) groups is 1. The predicted octanol–water partition coefficient (Wildman–Crippen LogP) is 1.16. The lowest BCUT2D eigenvalue weighted by atomic mass is 10.1. The molecule has 1 atom stereocenters. The summed E-state index contributed by atoms with van der Waals surface area (Å²) in [6.07, 6.45) is 4.14. The first-order chi connectivity index (χ1) is 11.8. The van der Waals surface area contributed by atoms with E-state index in [-0.39, 0.29) is 18.7 Å². The summed E-state index contributed by atoms with van der Waals surface area (Å²) in [4.78, 5) is 14.0. The highest BCUT2D eigenvalue weighted by Gasteiger charge is 2.30. The SMILES string of the molecule is O=C(NC[C@@H](c1ccco1)[NH+]1CCCC1)c1ccc2c(c1)OCO2. The molecule has 0 unspecified atom stereocenters. The predicted molar refractivity (Wildman–Crippen MR) is 86.3 cm³/mol. The highest BCUT2D eigenvalue weighted by Crippen LogP contribution is 2.32. The van der Waals surface area contributed by atoms with Crippen molar-refractivity contribution in [2.75, 3.05) is 26.4 Å². The van der Waals surface area contributed by atoms with Crippen LogP contribution in [0.2, 0.25) is 0 Å². The third-order valence-electron chi connectivity index (χ3n) is 4.73. The third-order valence-corrected chi connectivity index (χ3v) is 4.73. The summed E-state index contributed by atoms with van der Waals surface area (Å²) in [6.45, 7) is 2.99. The summed E-state index contributed by atoms with van der Waals surface area (Å²) in [6, 6.07) is 9.30. The molecule has 6 nitrogen and oxygen atoms in total. The maximum absolute atomic E-state index is 12.5. The van der Waals surface area contributed by atoms with Crippen molar-refractivity contribution < 1.29 is 23.6 Å². The van der Waals surface area contributed by atoms with E-state index in [2.05, 4.69) is 5.32 Å². The molecule has 2 N–H and O–H groups in total. The number of furan rings is 1. The number of amides is 1. The lowest BCUT2D eigenvalue weighted by molar-refractivity contribution is -0.919. The zero-order valence-corrected chi connectivity index (χ0v) is 13.4. The summed E-state index contributed by atoms with van der Waals surface area (Å²) in [5, 5.41) is 3.04. The van der Waals surface area contributed by atoms with Crippen LogP contribution in [0.15, 0.2) is 41.0 Å². The molecule has 1 aromatic heterocycles. The number of nitrogens with one attached hydrogen (secondary N) is 2. The van der Waals surface area contributed by atoms with Crippen LogP contribution in [0.5, 0.6) is 11.5 Å². The van der Waals surface area contributed by atoms with Crippen LogP contribution in [0.4, 0.5) is 0 Å². The van der Waals surface area contributed by atoms with Gasteiger partial charge in [-0.1, -0.05) is 0 Å². The molecule has 1 saturated heterocycles. The molecule has 0 radical (unpaired) electrons. The van der Waals surface area contributed by atoms with Gasteiger partial charge in [-0.2, -0.15) is 0 Å². The summed E-state index contributed by atoms with van der Waals surface area (Å²) < 4.78 is 16.2. The molecule has 4 rings (SSSR count). The summed E-state index contributed by atoms with van der Waals surface area (Å²) in [5.74, 6) is 2.12. The van der Waals surface area contributed by atoms with Gasteiger partial charge in [0.15, 0.2) is 23.3 Å². The second-order valence-electron chi connectivity index (χ2n) is 6.21. The van der Waals surface area contributed by atoms with Gasteiger partial charge in [-0.15, -0.1) is 0 Å². The van der Waals surface area contributed by atoms with E-state index >= 15 is 0 Å². The zero-order chi connectivity index (χ0) is 16.4. The Morgan fingerprint density at radius 3 is 2.79 bits per heavy atom. The fourth-order valence-corrected chi connectivity index (χ4v) is 3.45. The Morgan fingerprint density at radius 1 is 1.17 bits per heavy atom. The van der Waals surface area contributed by atoms with E-state index in [1.807, 2.05) is 12.1 Å². The Morgan fingerprint density at radius 2 is 2.00 bits per heavy atom. The molecule has 0 aliphatic carbocycles. The average Bonchev–Trinajstić information content (AvgIpc) is 3.36. The Hall–Kier alpha value is -2.47. The van der Waals surface area contributed by atoms with Crippen molar-refractivity contribution in [3.05, 3.63) is 47.9 Å². The monoisotopic (exact) mass is 329 g/mol. The number of hydrogen-bond acceptors (Lipinski definition) is 4. The minimum Gasteiger partial charge on any atom is -0.463 e. The summed E-state index contributed by atoms with van der Waals surface area (Å²) in [7, 11) is 0. The van der Waals surface area contributed by atoms with Gasteiger partial charge in [0.05, 0.1) is 25.9 Å². The van der Waals surface area contributed by atoms with Crippen molar-refractivity contribution in [2.24, 2.45) is 0 Å². The zero-order valence-electron chi connectivity index (χ0n) is 13.4. The van der Waals surface area contributed by atoms with Gasteiger partial charge in [-0.05, 0) is 30.3 Å². The van der Waals surface area contributed by atoms with Crippen LogP contribution in [0.3, 0.4) is 0 Å². The van der Waals surface area contributed by atoms with E-state index in [4.69, 9.17) is 13.9 Å². The largest absolute Gasteiger partial charge is 0.463 e. The van der Waals surface area contributed by atoms with E-state index in [0.717, 1.165) is 18.8 Å². The van der Waals surface area contributed by atoms with Crippen LogP contribution in [-0.2, 0) is 0 Å². The summed E-state index contributed by atoms with van der Waals surface area (Å²) in [5.41, 5.74) is 0.578. The van der Waals surface area contributed by atoms with Crippen LogP contribution in [0.25, 0.3) is 0 Å². The lowest BCUT2D eigenvalue weighted by Gasteiger charge is -2.23. The lowest BCUT2D eigenvalue weighted by Crippen LogP contribution is -3.11. The Labute approximate surface area is 140 Å². The smallest absolute Gasteiger partial charge is 0.251 e. The fraction of sp³-hybridized carbons (Fsp3) is 0.389. The van der Waals surface area contributed by atoms with E-state index in [1.54, 1.807) is 24.5 Å². The quantitative estimate of drug-likeness (QED) is 0.864. The van der Waals surface area contributed by atoms with Gasteiger partial charge in [0.25, 0.3) is 5.91 Å². The molecular weight excluding hydrogens is 308 g/mol. The Balaban J connectivity index is 1.44. The van der Waals surface area contributed by atoms with Gasteiger partial charge in [0, 0.05) is 18.4 Å². The molecule has 0 bridgehead atoms. The van der Waals surface area contributed by atoms with Crippen molar-refractivity contribution in [2.45, 2.75) is 18.9 Å².